The summed E-state index contributed by atoms with van der Waals surface area (Å²) in [6.45, 7) is 0.214. The SMILES string of the molecule is O=c1oc2cc(S(=O)(=O)CCO)ccc2n1CC1CC2CCC1C2. The molecule has 1 aromatic carbocycles. The maximum Gasteiger partial charge on any atom is 0.419 e. The van der Waals surface area contributed by atoms with Gasteiger partial charge in [-0.1, -0.05) is 6.42 Å². The first-order chi connectivity index (χ1) is 11.5. The van der Waals surface area contributed by atoms with Gasteiger partial charge in [0.05, 0.1) is 22.8 Å². The van der Waals surface area contributed by atoms with Crippen molar-refractivity contribution in [3.8, 4) is 0 Å². The molecule has 2 bridgehead atoms. The molecule has 3 atom stereocenters. The second kappa shape index (κ2) is 5.74. The molecule has 24 heavy (non-hydrogen) atoms. The minimum atomic E-state index is -3.56. The van der Waals surface area contributed by atoms with Gasteiger partial charge >= 0.3 is 5.76 Å². The average molecular weight is 351 g/mol. The zero-order valence-corrected chi connectivity index (χ0v) is 14.2. The Balaban J connectivity index is 1.68. The summed E-state index contributed by atoms with van der Waals surface area (Å²) in [5.41, 5.74) is 0.938. The molecule has 0 spiro atoms. The zero-order valence-electron chi connectivity index (χ0n) is 13.3. The lowest BCUT2D eigenvalue weighted by Gasteiger charge is -2.21. The van der Waals surface area contributed by atoms with Crippen LogP contribution in [0.5, 0.6) is 0 Å². The van der Waals surface area contributed by atoms with Gasteiger partial charge in [0.25, 0.3) is 0 Å². The van der Waals surface area contributed by atoms with Crippen molar-refractivity contribution < 1.29 is 17.9 Å². The predicted octanol–water partition coefficient (Wildman–Crippen LogP) is 1.80. The highest BCUT2D eigenvalue weighted by Gasteiger charge is 2.39. The van der Waals surface area contributed by atoms with Gasteiger partial charge in [0.2, 0.25) is 0 Å². The topological polar surface area (TPSA) is 89.5 Å². The first-order valence-electron chi connectivity index (χ1n) is 8.45. The molecule has 0 aliphatic heterocycles. The van der Waals surface area contributed by atoms with Crippen LogP contribution in [0.1, 0.15) is 25.7 Å². The van der Waals surface area contributed by atoms with E-state index in [4.69, 9.17) is 9.52 Å². The van der Waals surface area contributed by atoms with Crippen molar-refractivity contribution >= 4 is 20.9 Å². The molecule has 4 rings (SSSR count). The standard InChI is InChI=1S/C17H21NO5S/c19-5-6-24(21,22)14-3-4-15-16(9-14)23-17(20)18(15)10-13-8-11-1-2-12(13)7-11/h3-4,9,11-13,19H,1-2,5-8,10H2. The zero-order chi connectivity index (χ0) is 16.9. The van der Waals surface area contributed by atoms with Crippen LogP contribution in [-0.4, -0.2) is 30.5 Å². The summed E-state index contributed by atoms with van der Waals surface area (Å²) in [5.74, 6) is 1.26. The Morgan fingerprint density at radius 2 is 2.08 bits per heavy atom. The highest BCUT2D eigenvalue weighted by Crippen LogP contribution is 2.48. The van der Waals surface area contributed by atoms with Gasteiger partial charge in [0, 0.05) is 12.6 Å². The quantitative estimate of drug-likeness (QED) is 0.887. The Morgan fingerprint density at radius 1 is 1.25 bits per heavy atom. The molecule has 6 nitrogen and oxygen atoms in total. The molecular weight excluding hydrogens is 330 g/mol. The number of sulfone groups is 1. The number of aliphatic hydroxyl groups excluding tert-OH is 1. The molecule has 2 fully saturated rings. The van der Waals surface area contributed by atoms with E-state index < -0.39 is 22.2 Å². The van der Waals surface area contributed by atoms with E-state index in [2.05, 4.69) is 0 Å². The maximum absolute atomic E-state index is 12.2. The Hall–Kier alpha value is -1.60. The number of hydrogen-bond acceptors (Lipinski definition) is 5. The normalized spacial score (nSPS) is 26.5. The molecule has 2 aromatic rings. The van der Waals surface area contributed by atoms with Crippen LogP contribution in [0.4, 0.5) is 0 Å². The van der Waals surface area contributed by atoms with Crippen molar-refractivity contribution in [2.45, 2.75) is 37.1 Å². The van der Waals surface area contributed by atoms with Crippen molar-refractivity contribution in [2.24, 2.45) is 17.8 Å². The maximum atomic E-state index is 12.2. The minimum Gasteiger partial charge on any atom is -0.408 e. The van der Waals surface area contributed by atoms with Crippen LogP contribution in [0.3, 0.4) is 0 Å². The molecule has 1 aromatic heterocycles. The van der Waals surface area contributed by atoms with Crippen LogP contribution < -0.4 is 5.76 Å². The second-order valence-corrected chi connectivity index (χ2v) is 9.19. The van der Waals surface area contributed by atoms with E-state index in [9.17, 15) is 13.2 Å². The van der Waals surface area contributed by atoms with E-state index >= 15 is 0 Å². The van der Waals surface area contributed by atoms with E-state index in [1.165, 1.54) is 37.8 Å². The molecule has 3 unspecified atom stereocenters. The summed E-state index contributed by atoms with van der Waals surface area (Å²) in [7, 11) is -3.56. The van der Waals surface area contributed by atoms with Gasteiger partial charge in [-0.05, 0) is 49.1 Å². The van der Waals surface area contributed by atoms with E-state index in [1.807, 2.05) is 0 Å². The number of nitrogens with zero attached hydrogens (tertiary/aromatic N) is 1. The van der Waals surface area contributed by atoms with Crippen molar-refractivity contribution in [3.63, 3.8) is 0 Å². The van der Waals surface area contributed by atoms with Gasteiger partial charge in [-0.3, -0.25) is 4.57 Å². The number of benzene rings is 1. The first-order valence-corrected chi connectivity index (χ1v) is 10.1. The van der Waals surface area contributed by atoms with E-state index in [0.29, 0.717) is 29.5 Å². The molecule has 0 saturated heterocycles. The van der Waals surface area contributed by atoms with Crippen LogP contribution in [0.15, 0.2) is 32.3 Å². The third kappa shape index (κ3) is 2.59. The number of oxazole rings is 1. The van der Waals surface area contributed by atoms with Gasteiger partial charge in [-0.15, -0.1) is 0 Å². The van der Waals surface area contributed by atoms with Crippen LogP contribution in [-0.2, 0) is 16.4 Å². The summed E-state index contributed by atoms with van der Waals surface area (Å²) in [6, 6.07) is 4.51. The Morgan fingerprint density at radius 3 is 2.75 bits per heavy atom. The molecule has 2 saturated carbocycles. The van der Waals surface area contributed by atoms with E-state index in [0.717, 1.165) is 5.92 Å². The smallest absolute Gasteiger partial charge is 0.408 e. The summed E-state index contributed by atoms with van der Waals surface area (Å²) in [4.78, 5) is 12.3. The fourth-order valence-corrected chi connectivity index (χ4v) is 5.52. The van der Waals surface area contributed by atoms with Gasteiger partial charge in [-0.2, -0.15) is 0 Å². The van der Waals surface area contributed by atoms with E-state index in [1.54, 1.807) is 10.6 Å². The second-order valence-electron chi connectivity index (χ2n) is 7.09. The van der Waals surface area contributed by atoms with Gasteiger partial charge in [0.1, 0.15) is 0 Å². The number of rotatable bonds is 5. The lowest BCUT2D eigenvalue weighted by atomic mass is 9.89. The van der Waals surface area contributed by atoms with Crippen LogP contribution in [0, 0.1) is 17.8 Å². The van der Waals surface area contributed by atoms with Crippen LogP contribution in [0.25, 0.3) is 11.1 Å². The third-order valence-electron chi connectivity index (χ3n) is 5.66. The van der Waals surface area contributed by atoms with Gasteiger partial charge in [0.15, 0.2) is 15.4 Å². The third-order valence-corrected chi connectivity index (χ3v) is 7.35. The number of fused-ring (bicyclic) bond motifs is 3. The molecule has 130 valence electrons. The molecule has 2 aliphatic rings. The monoisotopic (exact) mass is 351 g/mol. The Kier molecular flexibility index (Phi) is 3.80. The molecule has 0 radical (unpaired) electrons. The predicted molar refractivity (Wildman–Crippen MR) is 88.6 cm³/mol. The number of aliphatic hydroxyl groups is 1. The molecule has 0 amide bonds. The van der Waals surface area contributed by atoms with Crippen LogP contribution in [0.2, 0.25) is 0 Å². The molecule has 7 heteroatoms. The van der Waals surface area contributed by atoms with Crippen LogP contribution >= 0.6 is 0 Å². The summed E-state index contributed by atoms with van der Waals surface area (Å²) in [6.07, 6.45) is 5.02. The first kappa shape index (κ1) is 15.9. The van der Waals surface area contributed by atoms with E-state index in [-0.39, 0.29) is 10.6 Å². The summed E-state index contributed by atoms with van der Waals surface area (Å²) < 4.78 is 31.0. The highest BCUT2D eigenvalue weighted by molar-refractivity contribution is 7.91. The van der Waals surface area contributed by atoms with Gasteiger partial charge < -0.3 is 9.52 Å². The van der Waals surface area contributed by atoms with Crippen molar-refractivity contribution in [3.05, 3.63) is 28.7 Å². The number of aromatic nitrogens is 1. The minimum absolute atomic E-state index is 0.0740. The lowest BCUT2D eigenvalue weighted by molar-refractivity contribution is 0.290. The summed E-state index contributed by atoms with van der Waals surface area (Å²) >= 11 is 0. The van der Waals surface area contributed by atoms with Crippen molar-refractivity contribution in [1.82, 2.24) is 4.57 Å². The molecule has 1 N–H and O–H groups in total. The fourth-order valence-electron chi connectivity index (χ4n) is 4.49. The molecule has 2 aliphatic carbocycles. The Bertz CT molecular complexity index is 926. The van der Waals surface area contributed by atoms with Crippen molar-refractivity contribution in [2.75, 3.05) is 12.4 Å². The Labute approximate surface area is 140 Å². The highest BCUT2D eigenvalue weighted by atomic mass is 32.2. The largest absolute Gasteiger partial charge is 0.419 e. The number of hydrogen-bond donors (Lipinski definition) is 1. The summed E-state index contributed by atoms with van der Waals surface area (Å²) in [5, 5.41) is 8.88. The lowest BCUT2D eigenvalue weighted by Crippen LogP contribution is -2.23. The van der Waals surface area contributed by atoms with Gasteiger partial charge in [-0.25, -0.2) is 13.2 Å². The average Bonchev–Trinajstić information content (AvgIpc) is 3.22. The van der Waals surface area contributed by atoms with Crippen molar-refractivity contribution in [1.29, 1.82) is 0 Å². The molecular formula is C17H21NO5S. The molecule has 1 heterocycles. The fraction of sp³-hybridized carbons (Fsp3) is 0.588.